The first-order valence-corrected chi connectivity index (χ1v) is 11.2. The summed E-state index contributed by atoms with van der Waals surface area (Å²) in [6.07, 6.45) is -13.2. The molecule has 0 aliphatic carbocycles. The summed E-state index contributed by atoms with van der Waals surface area (Å²) in [6, 6.07) is 6.30. The molecule has 3 heterocycles. The molecule has 2 aliphatic rings. The van der Waals surface area contributed by atoms with Crippen LogP contribution in [0.3, 0.4) is 0 Å². The monoisotopic (exact) mass is 632 g/mol. The van der Waals surface area contributed by atoms with Gasteiger partial charge in [0.1, 0.15) is 0 Å². The number of pyridine rings is 1. The number of alkyl halides is 9. The summed E-state index contributed by atoms with van der Waals surface area (Å²) in [6.45, 7) is 4.66. The number of aromatic nitrogens is 1. The highest BCUT2D eigenvalue weighted by molar-refractivity contribution is 5.77. The maximum Gasteiger partial charge on any atom is 0.490 e. The van der Waals surface area contributed by atoms with Crippen molar-refractivity contribution in [1.82, 2.24) is 20.1 Å². The van der Waals surface area contributed by atoms with Gasteiger partial charge in [-0.2, -0.15) is 39.5 Å². The lowest BCUT2D eigenvalue weighted by Crippen LogP contribution is -2.53. The van der Waals surface area contributed by atoms with Crippen LogP contribution in [0.25, 0.3) is 0 Å². The molecule has 2 aliphatic heterocycles. The van der Waals surface area contributed by atoms with E-state index in [9.17, 15) is 44.3 Å². The third-order valence-electron chi connectivity index (χ3n) is 4.96. The van der Waals surface area contributed by atoms with Gasteiger partial charge in [-0.05, 0) is 12.1 Å². The molecule has 1 aromatic rings. The van der Waals surface area contributed by atoms with Crippen molar-refractivity contribution in [2.24, 2.45) is 0 Å². The number of likely N-dealkylation sites (N-methyl/N-ethyl adjacent to an activating group) is 1. The molecule has 0 radical (unpaired) electrons. The SMILES string of the molecule is CNC(=O)CN1CCO[C@H]2CN(Cc3ccccn3)C[C@H]21.O=C(O)C(F)(F)F.O=C(O)C(F)(F)F.O=C(O)C(F)(F)F. The Kier molecular flexibility index (Phi) is 15.2. The third-order valence-corrected chi connectivity index (χ3v) is 4.96. The molecular formula is C21H25F9N4O8. The zero-order valence-electron chi connectivity index (χ0n) is 21.3. The number of nitrogens with zero attached hydrogens (tertiary/aromatic N) is 3. The molecule has 1 amide bonds. The summed E-state index contributed by atoms with van der Waals surface area (Å²) in [5.41, 5.74) is 1.08. The molecule has 0 bridgehead atoms. The summed E-state index contributed by atoms with van der Waals surface area (Å²) in [7, 11) is 1.68. The van der Waals surface area contributed by atoms with E-state index in [0.29, 0.717) is 19.2 Å². The number of hydrogen-bond acceptors (Lipinski definition) is 8. The number of amides is 1. The Labute approximate surface area is 230 Å². The second kappa shape index (κ2) is 16.7. The van der Waals surface area contributed by atoms with Gasteiger partial charge in [-0.3, -0.25) is 19.6 Å². The number of morpholine rings is 1. The molecule has 0 spiro atoms. The van der Waals surface area contributed by atoms with Crippen LogP contribution in [0.2, 0.25) is 0 Å². The number of carboxylic acids is 3. The molecule has 2 atom stereocenters. The summed E-state index contributed by atoms with van der Waals surface area (Å²) >= 11 is 0. The van der Waals surface area contributed by atoms with Crippen molar-refractivity contribution < 1.29 is 78.7 Å². The van der Waals surface area contributed by atoms with Crippen LogP contribution in [-0.4, -0.2) is 124 Å². The van der Waals surface area contributed by atoms with Gasteiger partial charge in [0.2, 0.25) is 5.91 Å². The van der Waals surface area contributed by atoms with Gasteiger partial charge in [0.25, 0.3) is 0 Å². The Balaban J connectivity index is 0.000000660. The van der Waals surface area contributed by atoms with E-state index >= 15 is 0 Å². The van der Waals surface area contributed by atoms with Gasteiger partial charge in [0.15, 0.2) is 0 Å². The van der Waals surface area contributed by atoms with Crippen LogP contribution < -0.4 is 5.32 Å². The van der Waals surface area contributed by atoms with E-state index in [1.165, 1.54) is 0 Å². The lowest BCUT2D eigenvalue weighted by atomic mass is 10.1. The number of aliphatic carboxylic acids is 3. The van der Waals surface area contributed by atoms with Crippen LogP contribution >= 0.6 is 0 Å². The number of carboxylic acid groups (broad SMARTS) is 3. The van der Waals surface area contributed by atoms with E-state index in [4.69, 9.17) is 34.4 Å². The van der Waals surface area contributed by atoms with Crippen molar-refractivity contribution in [2.45, 2.75) is 37.2 Å². The number of carbonyl (C=O) groups is 4. The standard InChI is InChI=1S/C15H22N4O2.3C2HF3O2/c1-16-15(20)11-19-6-7-21-14-10-18(9-13(14)19)8-12-4-2-3-5-17-12;3*3-2(4,5)1(6)7/h2-5,13-14H,6-11H2,1H3,(H,16,20);3*(H,6,7)/t13-,14+;;;/m1.../s1. The largest absolute Gasteiger partial charge is 0.490 e. The van der Waals surface area contributed by atoms with E-state index in [2.05, 4.69) is 20.1 Å². The maximum atomic E-state index is 11.6. The number of nitrogens with one attached hydrogen (secondary N) is 1. The molecule has 0 aromatic carbocycles. The molecule has 1 aromatic heterocycles. The van der Waals surface area contributed by atoms with Crippen LogP contribution in [0.5, 0.6) is 0 Å². The number of fused-ring (bicyclic) bond motifs is 1. The highest BCUT2D eigenvalue weighted by atomic mass is 19.4. The minimum Gasteiger partial charge on any atom is -0.475 e. The Morgan fingerprint density at radius 3 is 1.76 bits per heavy atom. The fourth-order valence-electron chi connectivity index (χ4n) is 3.14. The number of halogens is 9. The molecule has 0 saturated carbocycles. The Morgan fingerprint density at radius 1 is 0.905 bits per heavy atom. The summed E-state index contributed by atoms with van der Waals surface area (Å²) < 4.78 is 101. The van der Waals surface area contributed by atoms with E-state index in [-0.39, 0.29) is 12.0 Å². The Bertz CT molecular complexity index is 967. The Morgan fingerprint density at radius 2 is 1.38 bits per heavy atom. The van der Waals surface area contributed by atoms with E-state index < -0.39 is 36.4 Å². The molecular weight excluding hydrogens is 607 g/mol. The smallest absolute Gasteiger partial charge is 0.475 e. The fourth-order valence-corrected chi connectivity index (χ4v) is 3.14. The van der Waals surface area contributed by atoms with Crippen molar-refractivity contribution in [3.8, 4) is 0 Å². The number of hydrogen-bond donors (Lipinski definition) is 4. The first-order valence-electron chi connectivity index (χ1n) is 11.2. The average molecular weight is 632 g/mol. The number of likely N-dealkylation sites (tertiary alicyclic amines) is 1. The van der Waals surface area contributed by atoms with Crippen LogP contribution in [-0.2, 0) is 30.5 Å². The molecule has 240 valence electrons. The van der Waals surface area contributed by atoms with Gasteiger partial charge in [-0.15, -0.1) is 0 Å². The van der Waals surface area contributed by atoms with Gasteiger partial charge in [-0.1, -0.05) is 6.07 Å². The first-order chi connectivity index (χ1) is 19.1. The molecule has 21 heteroatoms. The average Bonchev–Trinajstić information content (AvgIpc) is 3.27. The van der Waals surface area contributed by atoms with Crippen molar-refractivity contribution in [2.75, 3.05) is 39.8 Å². The number of carbonyl (C=O) groups excluding carboxylic acids is 1. The van der Waals surface area contributed by atoms with Gasteiger partial charge in [0.05, 0.1) is 31.0 Å². The van der Waals surface area contributed by atoms with Crippen molar-refractivity contribution in [3.63, 3.8) is 0 Å². The lowest BCUT2D eigenvalue weighted by Gasteiger charge is -2.36. The predicted octanol–water partition coefficient (Wildman–Crippen LogP) is 1.61. The topological polar surface area (TPSA) is 170 Å². The van der Waals surface area contributed by atoms with Gasteiger partial charge in [-0.25, -0.2) is 14.4 Å². The summed E-state index contributed by atoms with van der Waals surface area (Å²) in [5.74, 6) is -8.20. The quantitative estimate of drug-likeness (QED) is 0.356. The van der Waals surface area contributed by atoms with Crippen molar-refractivity contribution in [3.05, 3.63) is 30.1 Å². The second-order valence-corrected chi connectivity index (χ2v) is 8.04. The van der Waals surface area contributed by atoms with Gasteiger partial charge in [0, 0.05) is 39.4 Å². The van der Waals surface area contributed by atoms with Crippen molar-refractivity contribution in [1.29, 1.82) is 0 Å². The number of ether oxygens (including phenoxy) is 1. The van der Waals surface area contributed by atoms with Crippen LogP contribution in [0.15, 0.2) is 24.4 Å². The highest BCUT2D eigenvalue weighted by Crippen LogP contribution is 2.23. The van der Waals surface area contributed by atoms with E-state index in [1.54, 1.807) is 7.05 Å². The second-order valence-electron chi connectivity index (χ2n) is 8.04. The fraction of sp³-hybridized carbons (Fsp3) is 0.571. The summed E-state index contributed by atoms with van der Waals surface area (Å²) in [4.78, 5) is 47.3. The third kappa shape index (κ3) is 15.3. The highest BCUT2D eigenvalue weighted by Gasteiger charge is 2.41. The van der Waals surface area contributed by atoms with E-state index in [0.717, 1.165) is 31.9 Å². The molecule has 2 saturated heterocycles. The van der Waals surface area contributed by atoms with Gasteiger partial charge >= 0.3 is 36.4 Å². The zero-order chi connectivity index (χ0) is 32.9. The lowest BCUT2D eigenvalue weighted by molar-refractivity contribution is -0.193. The molecule has 4 N–H and O–H groups in total. The minimum absolute atomic E-state index is 0.0684. The molecule has 12 nitrogen and oxygen atoms in total. The number of rotatable bonds is 4. The molecule has 3 rings (SSSR count). The van der Waals surface area contributed by atoms with Crippen LogP contribution in [0, 0.1) is 0 Å². The van der Waals surface area contributed by atoms with E-state index in [1.807, 2.05) is 24.4 Å². The van der Waals surface area contributed by atoms with Crippen LogP contribution in [0.1, 0.15) is 5.69 Å². The molecule has 0 unspecified atom stereocenters. The van der Waals surface area contributed by atoms with Crippen molar-refractivity contribution >= 4 is 23.8 Å². The first kappa shape index (κ1) is 38.3. The predicted molar refractivity (Wildman–Crippen MR) is 120 cm³/mol. The zero-order valence-corrected chi connectivity index (χ0v) is 21.3. The maximum absolute atomic E-state index is 11.6. The normalized spacial score (nSPS) is 18.9. The molecule has 2 fully saturated rings. The minimum atomic E-state index is -5.08. The summed E-state index contributed by atoms with van der Waals surface area (Å²) in [5, 5.41) is 24.1. The Hall–Kier alpha value is -3.72. The van der Waals surface area contributed by atoms with Gasteiger partial charge < -0.3 is 25.4 Å². The van der Waals surface area contributed by atoms with Crippen LogP contribution in [0.4, 0.5) is 39.5 Å². The molecule has 42 heavy (non-hydrogen) atoms.